The smallest absolute Gasteiger partial charge is 0.340 e. The summed E-state index contributed by atoms with van der Waals surface area (Å²) in [5.74, 6) is -1.74. The van der Waals surface area contributed by atoms with E-state index in [2.05, 4.69) is 5.32 Å². The largest absolute Gasteiger partial charge is 0.462 e. The predicted octanol–water partition coefficient (Wildman–Crippen LogP) is 2.89. The molecule has 0 bridgehead atoms. The number of nitrogen functional groups attached to an aromatic ring is 1. The fourth-order valence-electron chi connectivity index (χ4n) is 2.02. The second-order valence-electron chi connectivity index (χ2n) is 5.15. The molecule has 1 amide bonds. The van der Waals surface area contributed by atoms with Gasteiger partial charge in [-0.1, -0.05) is 11.6 Å². The highest BCUT2D eigenvalue weighted by Gasteiger charge is 2.14. The molecule has 2 rings (SSSR count). The molecule has 0 aliphatic rings. The molecule has 0 radical (unpaired) electrons. The lowest BCUT2D eigenvalue weighted by molar-refractivity contribution is -0.119. The maximum absolute atomic E-state index is 12.0. The van der Waals surface area contributed by atoms with Crippen molar-refractivity contribution in [3.8, 4) is 0 Å². The molecule has 0 heterocycles. The van der Waals surface area contributed by atoms with Crippen LogP contribution in [0.15, 0.2) is 42.5 Å². The molecule has 2 aromatic rings. The molecule has 0 aliphatic heterocycles. The molecule has 0 saturated carbocycles. The van der Waals surface area contributed by atoms with Gasteiger partial charge in [0.2, 0.25) is 0 Å². The molecular formula is C18H17ClN2O5. The van der Waals surface area contributed by atoms with Crippen molar-refractivity contribution in [2.45, 2.75) is 6.92 Å². The van der Waals surface area contributed by atoms with E-state index in [4.69, 9.17) is 26.8 Å². The fourth-order valence-corrected chi connectivity index (χ4v) is 2.19. The average Bonchev–Trinajstić information content (AvgIpc) is 2.62. The van der Waals surface area contributed by atoms with Crippen LogP contribution >= 0.6 is 11.6 Å². The molecule has 0 spiro atoms. The van der Waals surface area contributed by atoms with Crippen LogP contribution in [0.3, 0.4) is 0 Å². The summed E-state index contributed by atoms with van der Waals surface area (Å²) >= 11 is 5.81. The van der Waals surface area contributed by atoms with E-state index >= 15 is 0 Å². The molecule has 136 valence electrons. The predicted molar refractivity (Wildman–Crippen MR) is 97.2 cm³/mol. The lowest BCUT2D eigenvalue weighted by Crippen LogP contribution is -2.21. The lowest BCUT2D eigenvalue weighted by atomic mass is 10.2. The summed E-state index contributed by atoms with van der Waals surface area (Å²) in [6, 6.07) is 10.5. The standard InChI is InChI=1S/C18H17ClN2O5/c1-2-25-17(23)11-3-6-13(7-4-11)21-16(22)10-26-18(24)14-9-12(19)5-8-15(14)20/h3-9H,2,10,20H2,1H3,(H,21,22). The number of rotatable bonds is 6. The van der Waals surface area contributed by atoms with Gasteiger partial charge in [-0.2, -0.15) is 0 Å². The number of halogens is 1. The molecular weight excluding hydrogens is 360 g/mol. The van der Waals surface area contributed by atoms with Crippen LogP contribution in [0.2, 0.25) is 5.02 Å². The van der Waals surface area contributed by atoms with Crippen LogP contribution in [0.1, 0.15) is 27.6 Å². The summed E-state index contributed by atoms with van der Waals surface area (Å²) in [4.78, 5) is 35.4. The molecule has 7 nitrogen and oxygen atoms in total. The van der Waals surface area contributed by atoms with E-state index in [1.54, 1.807) is 25.1 Å². The Morgan fingerprint density at radius 1 is 1.04 bits per heavy atom. The van der Waals surface area contributed by atoms with E-state index in [-0.39, 0.29) is 17.9 Å². The Morgan fingerprint density at radius 3 is 2.38 bits per heavy atom. The third-order valence-corrected chi connectivity index (χ3v) is 3.48. The molecule has 0 atom stereocenters. The Labute approximate surface area is 155 Å². The van der Waals surface area contributed by atoms with Gasteiger partial charge in [0, 0.05) is 16.4 Å². The van der Waals surface area contributed by atoms with Gasteiger partial charge < -0.3 is 20.5 Å². The Hall–Kier alpha value is -3.06. The first-order chi connectivity index (χ1) is 12.4. The van der Waals surface area contributed by atoms with Crippen molar-refractivity contribution in [1.29, 1.82) is 0 Å². The Bertz CT molecular complexity index is 821. The average molecular weight is 377 g/mol. The van der Waals surface area contributed by atoms with Crippen molar-refractivity contribution in [3.63, 3.8) is 0 Å². The van der Waals surface area contributed by atoms with Gasteiger partial charge in [-0.15, -0.1) is 0 Å². The van der Waals surface area contributed by atoms with E-state index in [1.807, 2.05) is 0 Å². The topological polar surface area (TPSA) is 108 Å². The number of esters is 2. The third kappa shape index (κ3) is 5.22. The fraction of sp³-hybridized carbons (Fsp3) is 0.167. The Balaban J connectivity index is 1.89. The number of ether oxygens (including phenoxy) is 2. The number of amides is 1. The van der Waals surface area contributed by atoms with Crippen LogP contribution in [0.25, 0.3) is 0 Å². The summed E-state index contributed by atoms with van der Waals surface area (Å²) in [5.41, 5.74) is 6.79. The first-order valence-electron chi connectivity index (χ1n) is 7.70. The van der Waals surface area contributed by atoms with E-state index < -0.39 is 24.5 Å². The summed E-state index contributed by atoms with van der Waals surface area (Å²) < 4.78 is 9.80. The second kappa shape index (κ2) is 8.87. The normalized spacial score (nSPS) is 10.1. The highest BCUT2D eigenvalue weighted by Crippen LogP contribution is 2.18. The van der Waals surface area contributed by atoms with Crippen molar-refractivity contribution in [2.75, 3.05) is 24.3 Å². The zero-order chi connectivity index (χ0) is 19.1. The molecule has 0 aromatic heterocycles. The van der Waals surface area contributed by atoms with Gasteiger partial charge >= 0.3 is 11.9 Å². The minimum Gasteiger partial charge on any atom is -0.462 e. The maximum Gasteiger partial charge on any atom is 0.340 e. The number of carbonyl (C=O) groups excluding carboxylic acids is 3. The first-order valence-corrected chi connectivity index (χ1v) is 8.07. The summed E-state index contributed by atoms with van der Waals surface area (Å²) in [5, 5.41) is 2.88. The van der Waals surface area contributed by atoms with Crippen LogP contribution < -0.4 is 11.1 Å². The molecule has 26 heavy (non-hydrogen) atoms. The highest BCUT2D eigenvalue weighted by atomic mass is 35.5. The summed E-state index contributed by atoms with van der Waals surface area (Å²) in [6.07, 6.45) is 0. The Morgan fingerprint density at radius 2 is 1.73 bits per heavy atom. The SMILES string of the molecule is CCOC(=O)c1ccc(NC(=O)COC(=O)c2cc(Cl)ccc2N)cc1. The van der Waals surface area contributed by atoms with Gasteiger partial charge in [0.05, 0.1) is 17.7 Å². The zero-order valence-corrected chi connectivity index (χ0v) is 14.7. The van der Waals surface area contributed by atoms with Crippen LogP contribution in [-0.2, 0) is 14.3 Å². The van der Waals surface area contributed by atoms with Crippen LogP contribution in [0.4, 0.5) is 11.4 Å². The van der Waals surface area contributed by atoms with Gasteiger partial charge in [-0.3, -0.25) is 4.79 Å². The lowest BCUT2D eigenvalue weighted by Gasteiger charge is -2.09. The van der Waals surface area contributed by atoms with E-state index in [0.29, 0.717) is 16.3 Å². The van der Waals surface area contributed by atoms with Crippen molar-refractivity contribution in [1.82, 2.24) is 0 Å². The van der Waals surface area contributed by atoms with Gasteiger partial charge in [-0.25, -0.2) is 9.59 Å². The van der Waals surface area contributed by atoms with E-state index in [9.17, 15) is 14.4 Å². The summed E-state index contributed by atoms with van der Waals surface area (Å²) in [6.45, 7) is 1.50. The zero-order valence-electron chi connectivity index (χ0n) is 14.0. The number of hydrogen-bond acceptors (Lipinski definition) is 6. The third-order valence-electron chi connectivity index (χ3n) is 3.25. The molecule has 0 saturated heterocycles. The van der Waals surface area contributed by atoms with Gasteiger partial charge in [0.15, 0.2) is 6.61 Å². The van der Waals surface area contributed by atoms with Crippen LogP contribution in [-0.4, -0.2) is 31.1 Å². The van der Waals surface area contributed by atoms with E-state index in [0.717, 1.165) is 0 Å². The Kier molecular flexibility index (Phi) is 6.57. The van der Waals surface area contributed by atoms with Crippen LogP contribution in [0.5, 0.6) is 0 Å². The molecule has 8 heteroatoms. The van der Waals surface area contributed by atoms with Crippen molar-refractivity contribution < 1.29 is 23.9 Å². The van der Waals surface area contributed by atoms with Crippen molar-refractivity contribution in [3.05, 3.63) is 58.6 Å². The minimum absolute atomic E-state index is 0.0871. The monoisotopic (exact) mass is 376 g/mol. The van der Waals surface area contributed by atoms with Gasteiger partial charge in [0.25, 0.3) is 5.91 Å². The molecule has 0 unspecified atom stereocenters. The molecule has 0 fully saturated rings. The van der Waals surface area contributed by atoms with Gasteiger partial charge in [0.1, 0.15) is 0 Å². The minimum atomic E-state index is -0.752. The maximum atomic E-state index is 12.0. The number of nitrogens with two attached hydrogens (primary N) is 1. The molecule has 0 aliphatic carbocycles. The van der Waals surface area contributed by atoms with Crippen molar-refractivity contribution >= 4 is 40.8 Å². The van der Waals surface area contributed by atoms with Gasteiger partial charge in [-0.05, 0) is 49.4 Å². The highest BCUT2D eigenvalue weighted by molar-refractivity contribution is 6.31. The molecule has 2 aromatic carbocycles. The number of hydrogen-bond donors (Lipinski definition) is 2. The number of anilines is 2. The summed E-state index contributed by atoms with van der Waals surface area (Å²) in [7, 11) is 0. The second-order valence-corrected chi connectivity index (χ2v) is 5.59. The van der Waals surface area contributed by atoms with E-state index in [1.165, 1.54) is 24.3 Å². The number of carbonyl (C=O) groups is 3. The number of nitrogens with one attached hydrogen (secondary N) is 1. The molecule has 3 N–H and O–H groups in total. The quantitative estimate of drug-likeness (QED) is 0.592. The van der Waals surface area contributed by atoms with Crippen molar-refractivity contribution in [2.24, 2.45) is 0 Å². The van der Waals surface area contributed by atoms with Crippen LogP contribution in [0, 0.1) is 0 Å². The number of benzene rings is 2. The first kappa shape index (κ1) is 19.3.